The summed E-state index contributed by atoms with van der Waals surface area (Å²) in [5.41, 5.74) is 1.28. The second-order valence-corrected chi connectivity index (χ2v) is 10.7. The Morgan fingerprint density at radius 3 is 2.70 bits per heavy atom. The number of ether oxygens (including phenoxy) is 2. The minimum Gasteiger partial charge on any atom is -0.453 e. The fraction of sp³-hybridized carbons (Fsp3) is 0.548. The van der Waals surface area contributed by atoms with Crippen LogP contribution in [0, 0.1) is 11.7 Å². The van der Waals surface area contributed by atoms with E-state index in [1.165, 1.54) is 13.2 Å². The topological polar surface area (TPSA) is 91.3 Å². The molecular weight excluding hydrogens is 513 g/mol. The average Bonchev–Trinajstić information content (AvgIpc) is 2.99. The van der Waals surface area contributed by atoms with Gasteiger partial charge in [-0.3, -0.25) is 9.69 Å². The van der Waals surface area contributed by atoms with Crippen molar-refractivity contribution in [3.8, 4) is 11.1 Å². The largest absolute Gasteiger partial charge is 0.453 e. The Kier molecular flexibility index (Phi) is 10.5. The molecule has 0 unspecified atom stereocenters. The monoisotopic (exact) mass is 555 g/mol. The second-order valence-electron chi connectivity index (χ2n) is 10.7. The van der Waals surface area contributed by atoms with Crippen molar-refractivity contribution in [1.82, 2.24) is 15.1 Å². The predicted octanol–water partition coefficient (Wildman–Crippen LogP) is 3.95. The van der Waals surface area contributed by atoms with Crippen molar-refractivity contribution in [1.29, 1.82) is 0 Å². The number of methoxy groups -OCH3 is 1. The summed E-state index contributed by atoms with van der Waals surface area (Å²) >= 11 is 0. The van der Waals surface area contributed by atoms with Crippen molar-refractivity contribution in [2.45, 2.75) is 44.6 Å². The molecule has 218 valence electrons. The van der Waals surface area contributed by atoms with Crippen LogP contribution in [0.3, 0.4) is 0 Å². The van der Waals surface area contributed by atoms with Crippen LogP contribution >= 0.6 is 0 Å². The summed E-state index contributed by atoms with van der Waals surface area (Å²) in [4.78, 5) is 28.9. The predicted molar refractivity (Wildman–Crippen MR) is 151 cm³/mol. The van der Waals surface area contributed by atoms with Crippen LogP contribution in [0.1, 0.15) is 43.7 Å². The van der Waals surface area contributed by atoms with Crippen LogP contribution in [-0.2, 0) is 26.3 Å². The maximum Gasteiger partial charge on any atom is 0.406 e. The van der Waals surface area contributed by atoms with Crippen LogP contribution in [0.15, 0.2) is 42.5 Å². The second kappa shape index (κ2) is 14.1. The zero-order chi connectivity index (χ0) is 28.5. The van der Waals surface area contributed by atoms with E-state index in [1.807, 2.05) is 29.2 Å². The highest BCUT2D eigenvalue weighted by Crippen LogP contribution is 2.44. The van der Waals surface area contributed by atoms with Crippen molar-refractivity contribution in [2.24, 2.45) is 5.92 Å². The molecule has 2 fully saturated rings. The van der Waals surface area contributed by atoms with E-state index in [0.29, 0.717) is 63.4 Å². The Labute approximate surface area is 236 Å². The molecule has 0 aromatic heterocycles. The number of halogens is 1. The smallest absolute Gasteiger partial charge is 0.406 e. The molecule has 9 heteroatoms. The molecule has 2 aliphatic rings. The Balaban J connectivity index is 1.65. The molecule has 0 radical (unpaired) electrons. The highest BCUT2D eigenvalue weighted by Gasteiger charge is 2.43. The molecule has 40 heavy (non-hydrogen) atoms. The Morgan fingerprint density at radius 1 is 1.18 bits per heavy atom. The Morgan fingerprint density at radius 2 is 1.95 bits per heavy atom. The van der Waals surface area contributed by atoms with Crippen molar-refractivity contribution in [3.63, 3.8) is 0 Å². The zero-order valence-electron chi connectivity index (χ0n) is 23.7. The van der Waals surface area contributed by atoms with Gasteiger partial charge < -0.3 is 24.8 Å². The number of aliphatic hydroxyl groups is 1. The number of carbonyl (C=O) groups excluding carboxylic acids is 2. The highest BCUT2D eigenvalue weighted by molar-refractivity contribution is 5.78. The molecule has 2 saturated heterocycles. The van der Waals surface area contributed by atoms with Gasteiger partial charge in [0.05, 0.1) is 32.5 Å². The first-order chi connectivity index (χ1) is 19.4. The van der Waals surface area contributed by atoms with Gasteiger partial charge in [0.25, 0.3) is 0 Å². The fourth-order valence-electron chi connectivity index (χ4n) is 5.95. The van der Waals surface area contributed by atoms with Gasteiger partial charge in [0, 0.05) is 44.2 Å². The van der Waals surface area contributed by atoms with Gasteiger partial charge in [-0.15, -0.1) is 0 Å². The number of nitrogens with zero attached hydrogens (tertiary/aromatic N) is 2. The highest BCUT2D eigenvalue weighted by atomic mass is 19.1. The summed E-state index contributed by atoms with van der Waals surface area (Å²) < 4.78 is 25.7. The van der Waals surface area contributed by atoms with Crippen LogP contribution < -0.4 is 5.32 Å². The number of benzene rings is 2. The number of morpholine rings is 1. The number of hydrogen-bond acceptors (Lipinski definition) is 6. The first-order valence-corrected chi connectivity index (χ1v) is 14.4. The van der Waals surface area contributed by atoms with E-state index >= 15 is 4.39 Å². The third kappa shape index (κ3) is 7.19. The molecule has 2 heterocycles. The maximum absolute atomic E-state index is 15.6. The zero-order valence-corrected chi connectivity index (χ0v) is 23.7. The van der Waals surface area contributed by atoms with Crippen molar-refractivity contribution >= 4 is 12.0 Å². The lowest BCUT2D eigenvalue weighted by Gasteiger charge is -2.44. The van der Waals surface area contributed by atoms with Gasteiger partial charge >= 0.3 is 6.09 Å². The molecule has 2 amide bonds. The molecule has 2 aromatic rings. The minimum atomic E-state index is -1.42. The summed E-state index contributed by atoms with van der Waals surface area (Å²) in [6, 6.07) is 12.6. The van der Waals surface area contributed by atoms with Gasteiger partial charge in [-0.25, -0.2) is 9.18 Å². The number of amides is 2. The van der Waals surface area contributed by atoms with E-state index in [9.17, 15) is 14.7 Å². The molecule has 0 saturated carbocycles. The molecule has 2 N–H and O–H groups in total. The summed E-state index contributed by atoms with van der Waals surface area (Å²) in [6.45, 7) is 6.39. The molecule has 4 rings (SSSR count). The van der Waals surface area contributed by atoms with Crippen LogP contribution in [0.5, 0.6) is 0 Å². The van der Waals surface area contributed by atoms with E-state index in [0.717, 1.165) is 37.1 Å². The summed E-state index contributed by atoms with van der Waals surface area (Å²) in [5, 5.41) is 15.2. The normalized spacial score (nSPS) is 19.6. The number of nitrogens with one attached hydrogen (secondary N) is 1. The van der Waals surface area contributed by atoms with Crippen LogP contribution in [0.4, 0.5) is 9.18 Å². The molecule has 0 spiro atoms. The lowest BCUT2D eigenvalue weighted by molar-refractivity contribution is -0.138. The van der Waals surface area contributed by atoms with E-state index in [2.05, 4.69) is 21.9 Å². The Hall–Kier alpha value is -3.01. The molecule has 2 aromatic carbocycles. The van der Waals surface area contributed by atoms with Crippen molar-refractivity contribution in [2.75, 3.05) is 59.6 Å². The Bertz CT molecular complexity index is 1160. The quantitative estimate of drug-likeness (QED) is 0.432. The van der Waals surface area contributed by atoms with Gasteiger partial charge in [-0.05, 0) is 54.9 Å². The summed E-state index contributed by atoms with van der Waals surface area (Å²) in [5.74, 6) is -0.660. The fourth-order valence-corrected chi connectivity index (χ4v) is 5.95. The van der Waals surface area contributed by atoms with Gasteiger partial charge in [-0.2, -0.15) is 0 Å². The SMILES string of the molecule is CCc1cccc(-c2c(F)cccc2[C@](O)(CCCNC(=O)OC)[C@@H]2CCCN(C(=O)CN3CCOCC3)C2)c1. The number of aryl methyl sites for hydroxylation is 1. The average molecular weight is 556 g/mol. The van der Waals surface area contributed by atoms with Gasteiger partial charge in [0.2, 0.25) is 5.91 Å². The number of hydrogen-bond donors (Lipinski definition) is 2. The molecular formula is C31H42FN3O5. The van der Waals surface area contributed by atoms with E-state index in [-0.39, 0.29) is 18.2 Å². The number of carbonyl (C=O) groups is 2. The van der Waals surface area contributed by atoms with E-state index in [4.69, 9.17) is 4.74 Å². The standard InChI is InChI=1S/C31H42FN3O5/c1-3-23-8-4-9-24(20-23)29-26(11-5-12-27(29)32)31(38,13-7-14-33-30(37)39-2)25-10-6-15-35(21-25)28(36)22-34-16-18-40-19-17-34/h4-5,8-9,11-12,20,25,38H,3,6-7,10,13-19,21-22H2,1-2H3,(H,33,37)/t25-,31+/m1/s1. The maximum atomic E-state index is 15.6. The number of alkyl carbamates (subject to hydrolysis) is 1. The third-order valence-electron chi connectivity index (χ3n) is 8.21. The summed E-state index contributed by atoms with van der Waals surface area (Å²) in [6.07, 6.45) is 2.46. The molecule has 0 aliphatic carbocycles. The molecule has 2 atom stereocenters. The number of likely N-dealkylation sites (tertiary alicyclic amines) is 1. The van der Waals surface area contributed by atoms with E-state index in [1.54, 1.807) is 12.1 Å². The van der Waals surface area contributed by atoms with Crippen LogP contribution in [-0.4, -0.2) is 86.5 Å². The lowest BCUT2D eigenvalue weighted by Crippen LogP contribution is -2.51. The van der Waals surface area contributed by atoms with Gasteiger partial charge in [0.1, 0.15) is 5.82 Å². The number of piperidine rings is 1. The van der Waals surface area contributed by atoms with Crippen molar-refractivity contribution in [3.05, 3.63) is 59.4 Å². The first kappa shape index (κ1) is 30.0. The summed E-state index contributed by atoms with van der Waals surface area (Å²) in [7, 11) is 1.31. The van der Waals surface area contributed by atoms with E-state index < -0.39 is 17.5 Å². The molecule has 8 nitrogen and oxygen atoms in total. The van der Waals surface area contributed by atoms with Crippen LogP contribution in [0.25, 0.3) is 11.1 Å². The first-order valence-electron chi connectivity index (χ1n) is 14.4. The molecule has 0 bridgehead atoms. The van der Waals surface area contributed by atoms with Crippen molar-refractivity contribution < 1.29 is 28.6 Å². The van der Waals surface area contributed by atoms with Gasteiger partial charge in [0.15, 0.2) is 0 Å². The lowest BCUT2D eigenvalue weighted by atomic mass is 9.72. The van der Waals surface area contributed by atoms with Gasteiger partial charge in [-0.1, -0.05) is 43.3 Å². The third-order valence-corrected chi connectivity index (χ3v) is 8.21. The van der Waals surface area contributed by atoms with Crippen LogP contribution in [0.2, 0.25) is 0 Å². The minimum absolute atomic E-state index is 0.0384. The molecule has 2 aliphatic heterocycles. The number of rotatable bonds is 10.